The normalized spacial score (nSPS) is 21.0. The van der Waals surface area contributed by atoms with Gasteiger partial charge >= 0.3 is 5.97 Å². The van der Waals surface area contributed by atoms with Crippen LogP contribution in [-0.2, 0) is 14.3 Å². The summed E-state index contributed by atoms with van der Waals surface area (Å²) in [6, 6.07) is 9.44. The maximum atomic E-state index is 12.2. The summed E-state index contributed by atoms with van der Waals surface area (Å²) in [6.45, 7) is 2.83. The van der Waals surface area contributed by atoms with E-state index in [1.165, 1.54) is 0 Å². The highest BCUT2D eigenvalue weighted by Crippen LogP contribution is 2.22. The van der Waals surface area contributed by atoms with Gasteiger partial charge in [-0.2, -0.15) is 0 Å². The van der Waals surface area contributed by atoms with Crippen LogP contribution in [0.25, 0.3) is 0 Å². The lowest BCUT2D eigenvalue weighted by atomic mass is 9.93. The quantitative estimate of drug-likeness (QED) is 0.775. The minimum absolute atomic E-state index is 0.0468. The Morgan fingerprint density at radius 2 is 1.96 bits per heavy atom. The third-order valence-corrected chi connectivity index (χ3v) is 4.02. The van der Waals surface area contributed by atoms with E-state index in [2.05, 4.69) is 0 Å². The maximum absolute atomic E-state index is 12.2. The Bertz CT molecular complexity index is 519. The van der Waals surface area contributed by atoms with Crippen molar-refractivity contribution in [3.05, 3.63) is 30.3 Å². The molecule has 0 spiro atoms. The Hall–Kier alpha value is -2.08. The second-order valence-corrected chi connectivity index (χ2v) is 5.72. The van der Waals surface area contributed by atoms with Crippen molar-refractivity contribution in [1.82, 2.24) is 4.90 Å². The molecule has 2 atom stereocenters. The summed E-state index contributed by atoms with van der Waals surface area (Å²) in [5.41, 5.74) is 0. The van der Waals surface area contributed by atoms with Gasteiger partial charge in [-0.15, -0.1) is 0 Å². The van der Waals surface area contributed by atoms with Crippen molar-refractivity contribution < 1.29 is 24.2 Å². The number of para-hydroxylation sites is 1. The molecule has 0 bridgehead atoms. The van der Waals surface area contributed by atoms with Crippen LogP contribution >= 0.6 is 0 Å². The molecule has 1 aromatic rings. The molecule has 6 nitrogen and oxygen atoms in total. The van der Waals surface area contributed by atoms with Crippen LogP contribution < -0.4 is 4.74 Å². The molecule has 1 heterocycles. The molecule has 1 aliphatic heterocycles. The van der Waals surface area contributed by atoms with Crippen LogP contribution in [0.15, 0.2) is 30.3 Å². The van der Waals surface area contributed by atoms with Gasteiger partial charge in [-0.3, -0.25) is 9.59 Å². The fraction of sp³-hybridized carbons (Fsp3) is 0.529. The number of rotatable bonds is 7. The van der Waals surface area contributed by atoms with Crippen molar-refractivity contribution in [1.29, 1.82) is 0 Å². The molecule has 1 N–H and O–H groups in total. The topological polar surface area (TPSA) is 76.1 Å². The summed E-state index contributed by atoms with van der Waals surface area (Å²) in [6.07, 6.45) is 1.33. The predicted molar refractivity (Wildman–Crippen MR) is 84.3 cm³/mol. The van der Waals surface area contributed by atoms with Gasteiger partial charge in [-0.05, 0) is 31.9 Å². The number of hydrogen-bond acceptors (Lipinski definition) is 4. The molecule has 1 amide bonds. The van der Waals surface area contributed by atoms with E-state index in [1.54, 1.807) is 4.90 Å². The lowest BCUT2D eigenvalue weighted by Crippen LogP contribution is -2.48. The van der Waals surface area contributed by atoms with Gasteiger partial charge in [0, 0.05) is 12.6 Å². The summed E-state index contributed by atoms with van der Waals surface area (Å²) in [7, 11) is 0. The number of piperidine rings is 1. The van der Waals surface area contributed by atoms with Crippen LogP contribution in [0.3, 0.4) is 0 Å². The van der Waals surface area contributed by atoms with Crippen LogP contribution in [0.2, 0.25) is 0 Å². The molecule has 0 aliphatic carbocycles. The van der Waals surface area contributed by atoms with Crippen molar-refractivity contribution in [3.63, 3.8) is 0 Å². The van der Waals surface area contributed by atoms with Crippen LogP contribution in [0, 0.1) is 5.92 Å². The maximum Gasteiger partial charge on any atom is 0.308 e. The van der Waals surface area contributed by atoms with Gasteiger partial charge in [0.1, 0.15) is 19.0 Å². The average molecular weight is 321 g/mol. The highest BCUT2D eigenvalue weighted by Gasteiger charge is 2.32. The number of aliphatic carboxylic acids is 1. The minimum atomic E-state index is -0.841. The second-order valence-electron chi connectivity index (χ2n) is 5.72. The average Bonchev–Trinajstić information content (AvgIpc) is 2.55. The molecule has 0 radical (unpaired) electrons. The van der Waals surface area contributed by atoms with Gasteiger partial charge in [-0.25, -0.2) is 0 Å². The molecule has 0 saturated carbocycles. The van der Waals surface area contributed by atoms with E-state index in [0.29, 0.717) is 26.1 Å². The monoisotopic (exact) mass is 321 g/mol. The highest BCUT2D eigenvalue weighted by molar-refractivity contribution is 5.79. The number of carboxylic acid groups (broad SMARTS) is 1. The highest BCUT2D eigenvalue weighted by atomic mass is 16.5. The van der Waals surface area contributed by atoms with Crippen LogP contribution in [0.1, 0.15) is 19.8 Å². The number of carbonyl (C=O) groups is 2. The molecule has 0 aromatic heterocycles. The van der Waals surface area contributed by atoms with Crippen molar-refractivity contribution >= 4 is 11.9 Å². The Labute approximate surface area is 136 Å². The molecule has 6 heteroatoms. The summed E-state index contributed by atoms with van der Waals surface area (Å²) in [4.78, 5) is 24.9. The van der Waals surface area contributed by atoms with Gasteiger partial charge in [0.25, 0.3) is 0 Å². The van der Waals surface area contributed by atoms with Gasteiger partial charge in [0.05, 0.1) is 12.5 Å². The molecule has 23 heavy (non-hydrogen) atoms. The van der Waals surface area contributed by atoms with Gasteiger partial charge in [0.15, 0.2) is 0 Å². The Morgan fingerprint density at radius 1 is 1.22 bits per heavy atom. The van der Waals surface area contributed by atoms with Crippen molar-refractivity contribution in [2.24, 2.45) is 5.92 Å². The number of benzene rings is 1. The molecule has 1 aromatic carbocycles. The van der Waals surface area contributed by atoms with E-state index in [9.17, 15) is 9.59 Å². The molecule has 1 fully saturated rings. The molecule has 2 unspecified atom stereocenters. The smallest absolute Gasteiger partial charge is 0.308 e. The number of amides is 1. The number of hydrogen-bond donors (Lipinski definition) is 1. The first-order valence-corrected chi connectivity index (χ1v) is 7.86. The van der Waals surface area contributed by atoms with Crippen LogP contribution in [0.5, 0.6) is 5.75 Å². The SMILES string of the molecule is CC1CCC(C(=O)O)CN1C(=O)COCCOc1ccccc1. The lowest BCUT2D eigenvalue weighted by molar-refractivity contribution is -0.148. The number of carboxylic acids is 1. The van der Waals surface area contributed by atoms with E-state index in [0.717, 1.165) is 5.75 Å². The fourth-order valence-electron chi connectivity index (χ4n) is 2.63. The molecule has 1 saturated heterocycles. The zero-order chi connectivity index (χ0) is 16.7. The molecular weight excluding hydrogens is 298 g/mol. The van der Waals surface area contributed by atoms with Gasteiger partial charge in [-0.1, -0.05) is 18.2 Å². The molecule has 126 valence electrons. The second kappa shape index (κ2) is 8.53. The van der Waals surface area contributed by atoms with Crippen molar-refractivity contribution in [2.75, 3.05) is 26.4 Å². The number of ether oxygens (including phenoxy) is 2. The van der Waals surface area contributed by atoms with E-state index in [1.807, 2.05) is 37.3 Å². The summed E-state index contributed by atoms with van der Waals surface area (Å²) in [5, 5.41) is 9.09. The largest absolute Gasteiger partial charge is 0.491 e. The van der Waals surface area contributed by atoms with Crippen molar-refractivity contribution in [3.8, 4) is 5.75 Å². The Kier molecular flexibility index (Phi) is 6.40. The summed E-state index contributed by atoms with van der Waals surface area (Å²) < 4.78 is 10.8. The first kappa shape index (κ1) is 17.3. The first-order valence-electron chi connectivity index (χ1n) is 7.86. The molecular formula is C17H23NO5. The zero-order valence-electron chi connectivity index (χ0n) is 13.3. The van der Waals surface area contributed by atoms with Crippen molar-refractivity contribution in [2.45, 2.75) is 25.8 Å². The fourth-order valence-corrected chi connectivity index (χ4v) is 2.63. The number of carbonyl (C=O) groups excluding carboxylic acids is 1. The zero-order valence-corrected chi connectivity index (χ0v) is 13.3. The predicted octanol–water partition coefficient (Wildman–Crippen LogP) is 1.79. The van der Waals surface area contributed by atoms with E-state index >= 15 is 0 Å². The van der Waals surface area contributed by atoms with E-state index < -0.39 is 11.9 Å². The first-order chi connectivity index (χ1) is 11.1. The van der Waals surface area contributed by atoms with Crippen LogP contribution in [0.4, 0.5) is 0 Å². The summed E-state index contributed by atoms with van der Waals surface area (Å²) in [5.74, 6) is -0.719. The Morgan fingerprint density at radius 3 is 2.65 bits per heavy atom. The standard InChI is InChI=1S/C17H23NO5/c1-13-7-8-14(17(20)21)11-18(13)16(19)12-22-9-10-23-15-5-3-2-4-6-15/h2-6,13-14H,7-12H2,1H3,(H,20,21). The van der Waals surface area contributed by atoms with E-state index in [4.69, 9.17) is 14.6 Å². The third-order valence-electron chi connectivity index (χ3n) is 4.02. The van der Waals surface area contributed by atoms with E-state index in [-0.39, 0.29) is 25.1 Å². The molecule has 1 aliphatic rings. The molecule has 2 rings (SSSR count). The minimum Gasteiger partial charge on any atom is -0.491 e. The third kappa shape index (κ3) is 5.25. The number of likely N-dealkylation sites (tertiary alicyclic amines) is 1. The number of nitrogens with zero attached hydrogens (tertiary/aromatic N) is 1. The van der Waals surface area contributed by atoms with Gasteiger partial charge in [0.2, 0.25) is 5.91 Å². The Balaban J connectivity index is 1.68. The summed E-state index contributed by atoms with van der Waals surface area (Å²) >= 11 is 0. The van der Waals surface area contributed by atoms with Gasteiger partial charge < -0.3 is 19.5 Å². The van der Waals surface area contributed by atoms with Crippen LogP contribution in [-0.4, -0.2) is 54.3 Å². The lowest BCUT2D eigenvalue weighted by Gasteiger charge is -2.36.